The molecule has 0 spiro atoms. The molecule has 0 aliphatic rings. The Bertz CT molecular complexity index is 389. The highest BCUT2D eigenvalue weighted by atomic mass is 31.0. The van der Waals surface area contributed by atoms with Crippen molar-refractivity contribution in [3.05, 3.63) is 29.3 Å². The first-order valence-corrected chi connectivity index (χ1v) is 4.30. The molecule has 3 nitrogen and oxygen atoms in total. The van der Waals surface area contributed by atoms with Gasteiger partial charge in [-0.25, -0.2) is 4.79 Å². The second-order valence-electron chi connectivity index (χ2n) is 2.66. The summed E-state index contributed by atoms with van der Waals surface area (Å²) < 4.78 is 41.3. The maximum absolute atomic E-state index is 12.2. The molecule has 1 unspecified atom stereocenters. The predicted molar refractivity (Wildman–Crippen MR) is 50.1 cm³/mol. The van der Waals surface area contributed by atoms with Crippen LogP contribution in [-0.4, -0.2) is 11.1 Å². The molecule has 0 fully saturated rings. The number of aromatic carboxylic acids is 1. The Labute approximate surface area is 85.1 Å². The molecule has 1 aromatic carbocycles. The summed E-state index contributed by atoms with van der Waals surface area (Å²) in [6.07, 6.45) is -4.51. The van der Waals surface area contributed by atoms with Gasteiger partial charge in [0.2, 0.25) is 0 Å². The molecule has 15 heavy (non-hydrogen) atoms. The van der Waals surface area contributed by atoms with Crippen molar-refractivity contribution in [2.24, 2.45) is 0 Å². The highest BCUT2D eigenvalue weighted by Crippen LogP contribution is 2.33. The monoisotopic (exact) mass is 239 g/mol. The molecule has 0 heterocycles. The first-order valence-electron chi connectivity index (χ1n) is 3.73. The van der Waals surface area contributed by atoms with Crippen molar-refractivity contribution in [2.75, 3.05) is 0 Å². The predicted octanol–water partition coefficient (Wildman–Crippen LogP) is 2.30. The summed E-state index contributed by atoms with van der Waals surface area (Å²) in [6, 6.07) is 2.24. The van der Waals surface area contributed by atoms with Crippen molar-refractivity contribution in [1.82, 2.24) is 0 Å². The molecular formula is C8H7F3O3P+. The molecule has 82 valence electrons. The van der Waals surface area contributed by atoms with Gasteiger partial charge in [0.05, 0.1) is 5.56 Å². The average Bonchev–Trinajstić information content (AvgIpc) is 2.15. The van der Waals surface area contributed by atoms with Crippen LogP contribution in [0.25, 0.3) is 0 Å². The van der Waals surface area contributed by atoms with Crippen molar-refractivity contribution < 1.29 is 27.6 Å². The smallest absolute Gasteiger partial charge is 0.416 e. The van der Waals surface area contributed by atoms with Crippen molar-refractivity contribution in [3.8, 4) is 5.75 Å². The molecule has 0 aliphatic heterocycles. The number of alkyl halides is 3. The normalized spacial score (nSPS) is 11.4. The van der Waals surface area contributed by atoms with Crippen LogP contribution in [0.15, 0.2) is 18.2 Å². The second kappa shape index (κ2) is 4.06. The number of hydrogen-bond acceptors (Lipinski definition) is 2. The minimum absolute atomic E-state index is 0.294. The average molecular weight is 239 g/mol. The first-order chi connectivity index (χ1) is 6.86. The van der Waals surface area contributed by atoms with E-state index in [0.29, 0.717) is 12.1 Å². The van der Waals surface area contributed by atoms with Gasteiger partial charge in [0, 0.05) is 0 Å². The van der Waals surface area contributed by atoms with Gasteiger partial charge in [0.25, 0.3) is 0 Å². The zero-order chi connectivity index (χ0) is 11.6. The van der Waals surface area contributed by atoms with Crippen LogP contribution < -0.4 is 4.52 Å². The number of halogens is 3. The Morgan fingerprint density at radius 3 is 2.40 bits per heavy atom. The Kier molecular flexibility index (Phi) is 3.19. The lowest BCUT2D eigenvalue weighted by Gasteiger charge is -2.08. The van der Waals surface area contributed by atoms with Gasteiger partial charge in [-0.2, -0.15) is 13.2 Å². The van der Waals surface area contributed by atoms with E-state index in [2.05, 4.69) is 4.52 Å². The second-order valence-corrected chi connectivity index (χ2v) is 2.95. The fourth-order valence-corrected chi connectivity index (χ4v) is 1.23. The molecule has 1 aromatic rings. The topological polar surface area (TPSA) is 46.5 Å². The van der Waals surface area contributed by atoms with Gasteiger partial charge in [-0.1, -0.05) is 0 Å². The summed E-state index contributed by atoms with van der Waals surface area (Å²) in [5.74, 6) is -1.62. The molecule has 0 amide bonds. The molecule has 1 rings (SSSR count). The summed E-state index contributed by atoms with van der Waals surface area (Å²) >= 11 is 0. The number of carboxylic acid groups (broad SMARTS) is 1. The third-order valence-electron chi connectivity index (χ3n) is 1.69. The van der Waals surface area contributed by atoms with Crippen molar-refractivity contribution in [1.29, 1.82) is 0 Å². The van der Waals surface area contributed by atoms with Gasteiger partial charge >= 0.3 is 12.1 Å². The fourth-order valence-electron chi connectivity index (χ4n) is 0.995. The zero-order valence-electron chi connectivity index (χ0n) is 7.34. The van der Waals surface area contributed by atoms with Crippen LogP contribution in [0.4, 0.5) is 13.2 Å². The highest BCUT2D eigenvalue weighted by Gasteiger charge is 2.32. The van der Waals surface area contributed by atoms with E-state index >= 15 is 0 Å². The van der Waals surface area contributed by atoms with Crippen LogP contribution in [0, 0.1) is 0 Å². The summed E-state index contributed by atoms with van der Waals surface area (Å²) in [5.41, 5.74) is -1.23. The van der Waals surface area contributed by atoms with E-state index in [1.54, 1.807) is 0 Å². The molecule has 0 aliphatic carbocycles. The fraction of sp³-hybridized carbons (Fsp3) is 0.125. The number of rotatable bonds is 2. The highest BCUT2D eigenvalue weighted by molar-refractivity contribution is 7.10. The Balaban J connectivity index is 3.25. The number of hydrogen-bond donors (Lipinski definition) is 1. The number of carbonyl (C=O) groups is 1. The van der Waals surface area contributed by atoms with Gasteiger partial charge in [-0.05, 0) is 18.2 Å². The summed E-state index contributed by atoms with van der Waals surface area (Å²) in [7, 11) is 0.915. The molecule has 0 saturated heterocycles. The van der Waals surface area contributed by atoms with Crippen LogP contribution in [0.3, 0.4) is 0 Å². The molecule has 0 aromatic heterocycles. The maximum atomic E-state index is 12.2. The van der Waals surface area contributed by atoms with Gasteiger partial charge in [-0.3, -0.25) is 0 Å². The summed E-state index contributed by atoms with van der Waals surface area (Å²) in [6.45, 7) is 0. The van der Waals surface area contributed by atoms with Gasteiger partial charge < -0.3 is 9.63 Å². The lowest BCUT2D eigenvalue weighted by atomic mass is 10.1. The Morgan fingerprint density at radius 2 is 2.00 bits per heavy atom. The minimum atomic E-state index is -4.51. The largest absolute Gasteiger partial charge is 0.478 e. The minimum Gasteiger partial charge on any atom is -0.478 e. The number of carboxylic acids is 1. The third-order valence-corrected chi connectivity index (χ3v) is 2.01. The van der Waals surface area contributed by atoms with Gasteiger partial charge in [0.1, 0.15) is 5.56 Å². The summed E-state index contributed by atoms with van der Waals surface area (Å²) in [4.78, 5) is 10.6. The molecular weight excluding hydrogens is 232 g/mol. The van der Waals surface area contributed by atoms with Gasteiger partial charge in [0.15, 0.2) is 15.2 Å². The molecule has 7 heteroatoms. The number of benzene rings is 1. The van der Waals surface area contributed by atoms with Crippen molar-refractivity contribution in [3.63, 3.8) is 0 Å². The first kappa shape index (κ1) is 11.8. The van der Waals surface area contributed by atoms with Crippen LogP contribution in [0.2, 0.25) is 0 Å². The molecule has 0 bridgehead atoms. The van der Waals surface area contributed by atoms with E-state index in [1.165, 1.54) is 0 Å². The molecule has 0 saturated carbocycles. The van der Waals surface area contributed by atoms with E-state index in [-0.39, 0.29) is 11.3 Å². The maximum Gasteiger partial charge on any atom is 0.416 e. The van der Waals surface area contributed by atoms with Crippen LogP contribution in [0.5, 0.6) is 5.75 Å². The Hall–Kier alpha value is -1.29. The zero-order valence-corrected chi connectivity index (χ0v) is 8.75. The molecule has 0 radical (unpaired) electrons. The van der Waals surface area contributed by atoms with E-state index in [0.717, 1.165) is 15.5 Å². The van der Waals surface area contributed by atoms with E-state index in [9.17, 15) is 18.0 Å². The third kappa shape index (κ3) is 2.59. The quantitative estimate of drug-likeness (QED) is 0.805. The molecule has 1 atom stereocenters. The van der Waals surface area contributed by atoms with Gasteiger partial charge in [-0.15, -0.1) is 0 Å². The Morgan fingerprint density at radius 1 is 1.40 bits per heavy atom. The van der Waals surface area contributed by atoms with Crippen LogP contribution in [-0.2, 0) is 6.18 Å². The van der Waals surface area contributed by atoms with E-state index in [1.807, 2.05) is 0 Å². The molecule has 1 N–H and O–H groups in total. The van der Waals surface area contributed by atoms with Crippen LogP contribution in [0.1, 0.15) is 15.9 Å². The van der Waals surface area contributed by atoms with Crippen molar-refractivity contribution >= 4 is 15.4 Å². The van der Waals surface area contributed by atoms with Crippen molar-refractivity contribution in [2.45, 2.75) is 6.18 Å². The van der Waals surface area contributed by atoms with Crippen LogP contribution >= 0.6 is 9.47 Å². The standard InChI is InChI=1S/C8H6F3O3P/c9-8(10,11)4-1-2-5(7(12)13)6(3-4)14-15/h1-3H,15H3/p+1. The van der Waals surface area contributed by atoms with E-state index < -0.39 is 17.7 Å². The SMILES string of the molecule is O=C(O)c1ccc(C(F)(F)F)cc1O[PH3+]. The lowest BCUT2D eigenvalue weighted by Crippen LogP contribution is -2.07. The summed E-state index contributed by atoms with van der Waals surface area (Å²) in [5, 5.41) is 8.63. The van der Waals surface area contributed by atoms with E-state index in [4.69, 9.17) is 5.11 Å². The lowest BCUT2D eigenvalue weighted by molar-refractivity contribution is -0.137.